The van der Waals surface area contributed by atoms with Crippen molar-refractivity contribution in [2.75, 3.05) is 24.5 Å². The molecule has 124 valence electrons. The summed E-state index contributed by atoms with van der Waals surface area (Å²) in [6, 6.07) is 5.65. The van der Waals surface area contributed by atoms with Crippen molar-refractivity contribution in [2.45, 2.75) is 32.2 Å². The van der Waals surface area contributed by atoms with Crippen molar-refractivity contribution in [3.05, 3.63) is 30.1 Å². The molecular weight excluding hydrogens is 297 g/mol. The number of amides is 3. The Kier molecular flexibility index (Phi) is 4.50. The number of rotatable bonds is 2. The smallest absolute Gasteiger partial charge is 0.317 e. The van der Waals surface area contributed by atoms with Gasteiger partial charge < -0.3 is 15.1 Å². The van der Waals surface area contributed by atoms with Crippen LogP contribution in [0.4, 0.5) is 14.9 Å². The quantitative estimate of drug-likeness (QED) is 0.910. The molecule has 5 nitrogen and oxygen atoms in total. The zero-order valence-electron chi connectivity index (χ0n) is 13.3. The summed E-state index contributed by atoms with van der Waals surface area (Å²) in [5.74, 6) is 0.203. The van der Waals surface area contributed by atoms with Crippen LogP contribution in [0.3, 0.4) is 0 Å². The highest BCUT2D eigenvalue weighted by molar-refractivity contribution is 5.96. The van der Waals surface area contributed by atoms with E-state index in [0.29, 0.717) is 18.2 Å². The third-order valence-electron chi connectivity index (χ3n) is 4.64. The Morgan fingerprint density at radius 2 is 2.04 bits per heavy atom. The van der Waals surface area contributed by atoms with Gasteiger partial charge in [0.15, 0.2) is 0 Å². The molecule has 2 aliphatic rings. The lowest BCUT2D eigenvalue weighted by atomic mass is 10.00. The lowest BCUT2D eigenvalue weighted by Gasteiger charge is -2.31. The van der Waals surface area contributed by atoms with E-state index >= 15 is 0 Å². The van der Waals surface area contributed by atoms with Crippen molar-refractivity contribution in [3.63, 3.8) is 0 Å². The molecule has 2 saturated heterocycles. The first-order valence-electron chi connectivity index (χ1n) is 8.14. The Bertz CT molecular complexity index is 599. The molecule has 2 heterocycles. The molecule has 1 aromatic rings. The lowest BCUT2D eigenvalue weighted by Crippen LogP contribution is -2.48. The number of benzene rings is 1. The first kappa shape index (κ1) is 15.8. The number of nitrogens with zero attached hydrogens (tertiary/aromatic N) is 2. The minimum Gasteiger partial charge on any atom is -0.333 e. The highest BCUT2D eigenvalue weighted by Crippen LogP contribution is 2.23. The van der Waals surface area contributed by atoms with Crippen LogP contribution >= 0.6 is 0 Å². The lowest BCUT2D eigenvalue weighted by molar-refractivity contribution is -0.117. The Hall–Kier alpha value is -2.11. The second kappa shape index (κ2) is 6.56. The summed E-state index contributed by atoms with van der Waals surface area (Å²) in [6.45, 7) is 4.11. The Morgan fingerprint density at radius 1 is 1.30 bits per heavy atom. The molecular formula is C17H22FN3O2. The van der Waals surface area contributed by atoms with Gasteiger partial charge in [0.2, 0.25) is 5.91 Å². The Morgan fingerprint density at radius 3 is 2.74 bits per heavy atom. The molecule has 1 atom stereocenters. The van der Waals surface area contributed by atoms with E-state index in [1.807, 2.05) is 4.90 Å². The predicted octanol–water partition coefficient (Wildman–Crippen LogP) is 2.37. The maximum Gasteiger partial charge on any atom is 0.317 e. The fourth-order valence-electron chi connectivity index (χ4n) is 3.18. The second-order valence-electron chi connectivity index (χ2n) is 6.50. The van der Waals surface area contributed by atoms with Crippen LogP contribution in [0, 0.1) is 11.7 Å². The minimum absolute atomic E-state index is 0.0897. The summed E-state index contributed by atoms with van der Waals surface area (Å²) in [5, 5.41) is 2.94. The minimum atomic E-state index is -0.370. The van der Waals surface area contributed by atoms with Gasteiger partial charge in [-0.1, -0.05) is 13.0 Å². The van der Waals surface area contributed by atoms with E-state index in [2.05, 4.69) is 12.2 Å². The van der Waals surface area contributed by atoms with Gasteiger partial charge in [0.1, 0.15) is 5.82 Å². The van der Waals surface area contributed by atoms with E-state index in [1.54, 1.807) is 12.1 Å². The fraction of sp³-hybridized carbons (Fsp3) is 0.529. The number of carbonyl (C=O) groups is 2. The molecule has 0 bridgehead atoms. The van der Waals surface area contributed by atoms with Gasteiger partial charge in [-0.2, -0.15) is 0 Å². The molecule has 0 spiro atoms. The van der Waals surface area contributed by atoms with Crippen LogP contribution in [0.5, 0.6) is 0 Å². The van der Waals surface area contributed by atoms with Gasteiger partial charge in [-0.3, -0.25) is 4.79 Å². The van der Waals surface area contributed by atoms with E-state index < -0.39 is 0 Å². The number of hydrogen-bond donors (Lipinski definition) is 1. The SMILES string of the molecule is CC1CCN(C(=O)N[C@H]2CC(=O)N(c3cccc(F)c3)C2)CC1. The number of likely N-dealkylation sites (tertiary alicyclic amines) is 1. The van der Waals surface area contributed by atoms with Crippen molar-refractivity contribution >= 4 is 17.6 Å². The van der Waals surface area contributed by atoms with Crippen molar-refractivity contribution in [3.8, 4) is 0 Å². The Balaban J connectivity index is 1.58. The monoisotopic (exact) mass is 319 g/mol. The van der Waals surface area contributed by atoms with Crippen LogP contribution < -0.4 is 10.2 Å². The second-order valence-corrected chi connectivity index (χ2v) is 6.50. The molecule has 0 radical (unpaired) electrons. The van der Waals surface area contributed by atoms with Crippen LogP contribution in [-0.2, 0) is 4.79 Å². The number of urea groups is 1. The van der Waals surface area contributed by atoms with Crippen molar-refractivity contribution in [1.29, 1.82) is 0 Å². The number of halogens is 1. The van der Waals surface area contributed by atoms with Gasteiger partial charge in [-0.05, 0) is 37.0 Å². The number of piperidine rings is 1. The molecule has 6 heteroatoms. The molecule has 0 aliphatic carbocycles. The topological polar surface area (TPSA) is 52.7 Å². The van der Waals surface area contributed by atoms with Crippen LogP contribution in [0.15, 0.2) is 24.3 Å². The maximum atomic E-state index is 13.3. The third-order valence-corrected chi connectivity index (χ3v) is 4.64. The maximum absolute atomic E-state index is 13.3. The average Bonchev–Trinajstić information content (AvgIpc) is 2.88. The van der Waals surface area contributed by atoms with Crippen LogP contribution in [0.1, 0.15) is 26.2 Å². The van der Waals surface area contributed by atoms with Gasteiger partial charge in [0.25, 0.3) is 0 Å². The summed E-state index contributed by atoms with van der Waals surface area (Å²) in [7, 11) is 0. The van der Waals surface area contributed by atoms with Crippen molar-refractivity contribution in [1.82, 2.24) is 10.2 Å². The molecule has 1 aromatic carbocycles. The zero-order valence-corrected chi connectivity index (χ0v) is 13.3. The molecule has 0 saturated carbocycles. The predicted molar refractivity (Wildman–Crippen MR) is 85.7 cm³/mol. The first-order valence-corrected chi connectivity index (χ1v) is 8.14. The Labute approximate surface area is 135 Å². The number of carbonyl (C=O) groups excluding carboxylic acids is 2. The van der Waals surface area contributed by atoms with Gasteiger partial charge in [0.05, 0.1) is 6.04 Å². The summed E-state index contributed by atoms with van der Waals surface area (Å²) >= 11 is 0. The molecule has 3 amide bonds. The molecule has 2 aliphatic heterocycles. The molecule has 0 aromatic heterocycles. The molecule has 2 fully saturated rings. The van der Waals surface area contributed by atoms with E-state index in [1.165, 1.54) is 17.0 Å². The largest absolute Gasteiger partial charge is 0.333 e. The molecule has 23 heavy (non-hydrogen) atoms. The summed E-state index contributed by atoms with van der Waals surface area (Å²) < 4.78 is 13.3. The van der Waals surface area contributed by atoms with Crippen LogP contribution in [0.2, 0.25) is 0 Å². The highest BCUT2D eigenvalue weighted by atomic mass is 19.1. The normalized spacial score (nSPS) is 22.5. The van der Waals surface area contributed by atoms with E-state index in [4.69, 9.17) is 0 Å². The molecule has 1 N–H and O–H groups in total. The number of anilines is 1. The van der Waals surface area contributed by atoms with E-state index in [9.17, 15) is 14.0 Å². The zero-order chi connectivity index (χ0) is 16.4. The van der Waals surface area contributed by atoms with Crippen molar-refractivity contribution in [2.24, 2.45) is 5.92 Å². The molecule has 3 rings (SSSR count). The fourth-order valence-corrected chi connectivity index (χ4v) is 3.18. The van der Waals surface area contributed by atoms with E-state index in [0.717, 1.165) is 25.9 Å². The summed E-state index contributed by atoms with van der Waals surface area (Å²) in [5.41, 5.74) is 0.540. The first-order chi connectivity index (χ1) is 11.0. The highest BCUT2D eigenvalue weighted by Gasteiger charge is 2.33. The average molecular weight is 319 g/mol. The number of nitrogens with one attached hydrogen (secondary N) is 1. The third kappa shape index (κ3) is 3.63. The summed E-state index contributed by atoms with van der Waals surface area (Å²) in [4.78, 5) is 27.8. The van der Waals surface area contributed by atoms with Gasteiger partial charge in [0, 0.05) is 31.7 Å². The standard InChI is InChI=1S/C17H22FN3O2/c1-12-5-7-20(8-6-12)17(23)19-14-10-16(22)21(11-14)15-4-2-3-13(18)9-15/h2-4,9,12,14H,5-8,10-11H2,1H3,(H,19,23)/t14-/m0/s1. The van der Waals surface area contributed by atoms with E-state index in [-0.39, 0.29) is 30.2 Å². The molecule has 0 unspecified atom stereocenters. The van der Waals surface area contributed by atoms with Crippen LogP contribution in [-0.4, -0.2) is 42.5 Å². The van der Waals surface area contributed by atoms with Gasteiger partial charge in [-0.25, -0.2) is 9.18 Å². The van der Waals surface area contributed by atoms with Crippen molar-refractivity contribution < 1.29 is 14.0 Å². The van der Waals surface area contributed by atoms with Crippen LogP contribution in [0.25, 0.3) is 0 Å². The van der Waals surface area contributed by atoms with Gasteiger partial charge in [-0.15, -0.1) is 0 Å². The van der Waals surface area contributed by atoms with Gasteiger partial charge >= 0.3 is 6.03 Å². The number of hydrogen-bond acceptors (Lipinski definition) is 2. The summed E-state index contributed by atoms with van der Waals surface area (Å²) in [6.07, 6.45) is 2.30.